The average Bonchev–Trinajstić information content (AvgIpc) is 2.89. The van der Waals surface area contributed by atoms with Gasteiger partial charge >= 0.3 is 5.97 Å². The summed E-state index contributed by atoms with van der Waals surface area (Å²) in [6.45, 7) is 1.92. The number of likely N-dealkylation sites (tertiary alicyclic amines) is 1. The highest BCUT2D eigenvalue weighted by Crippen LogP contribution is 2.39. The summed E-state index contributed by atoms with van der Waals surface area (Å²) in [6, 6.07) is 8.64. The number of thioether (sulfide) groups is 1. The molecule has 0 amide bonds. The topological polar surface area (TPSA) is 62.7 Å². The number of hydrogen-bond donors (Lipinski definition) is 1. The molecule has 0 bridgehead atoms. The van der Waals surface area contributed by atoms with Crippen molar-refractivity contribution in [2.75, 3.05) is 32.5 Å². The van der Waals surface area contributed by atoms with E-state index in [1.165, 1.54) is 24.0 Å². The summed E-state index contributed by atoms with van der Waals surface area (Å²) in [7, 11) is 1.54. The number of halogens is 4. The molecule has 1 saturated heterocycles. The number of fused-ring (bicyclic) bond motifs is 1. The van der Waals surface area contributed by atoms with Crippen LogP contribution in [0.2, 0.25) is 5.02 Å². The predicted molar refractivity (Wildman–Crippen MR) is 144 cm³/mol. The molecule has 1 aliphatic heterocycles. The molecule has 4 rings (SSSR count). The number of piperidine rings is 1. The van der Waals surface area contributed by atoms with Crippen molar-refractivity contribution in [3.63, 3.8) is 0 Å². The van der Waals surface area contributed by atoms with Crippen LogP contribution < -0.4 is 4.74 Å². The lowest BCUT2D eigenvalue weighted by atomic mass is 9.79. The van der Waals surface area contributed by atoms with E-state index >= 15 is 4.39 Å². The lowest BCUT2D eigenvalue weighted by molar-refractivity contribution is -0.139. The van der Waals surface area contributed by atoms with E-state index in [1.807, 2.05) is 0 Å². The first-order chi connectivity index (χ1) is 18.2. The highest BCUT2D eigenvalue weighted by molar-refractivity contribution is 7.99. The summed E-state index contributed by atoms with van der Waals surface area (Å²) in [4.78, 5) is 18.3. The molecule has 2 unspecified atom stereocenters. The molecule has 5 nitrogen and oxygen atoms in total. The van der Waals surface area contributed by atoms with Crippen LogP contribution in [0.4, 0.5) is 13.2 Å². The number of carboxylic acid groups (broad SMARTS) is 1. The van der Waals surface area contributed by atoms with Gasteiger partial charge in [-0.3, -0.25) is 9.78 Å². The van der Waals surface area contributed by atoms with Crippen molar-refractivity contribution in [2.45, 2.75) is 36.8 Å². The number of aromatic nitrogens is 1. The SMILES string of the molecule is COc1ccc2ncc(Cl)c([C@H](F)CCC3CCN(CCSc4cc(F)ccc4F)CC3CC(=O)O)c2c1. The Morgan fingerprint density at radius 3 is 2.84 bits per heavy atom. The lowest BCUT2D eigenvalue weighted by Gasteiger charge is -2.38. The minimum atomic E-state index is -1.33. The molecule has 10 heteroatoms. The van der Waals surface area contributed by atoms with E-state index in [0.717, 1.165) is 25.1 Å². The minimum Gasteiger partial charge on any atom is -0.497 e. The van der Waals surface area contributed by atoms with E-state index in [-0.39, 0.29) is 34.6 Å². The predicted octanol–water partition coefficient (Wildman–Crippen LogP) is 7.17. The smallest absolute Gasteiger partial charge is 0.303 e. The van der Waals surface area contributed by atoms with Gasteiger partial charge in [-0.1, -0.05) is 11.6 Å². The Hall–Kier alpha value is -2.49. The standard InChI is InChI=1S/C28H30ClF3N2O3S/c1-37-20-4-7-25-21(14-20)28(22(29)15-33-25)24(32)5-2-17-8-9-34(16-18(17)12-27(35)36)10-11-38-26-13-19(30)3-6-23(26)31/h3-4,6-7,13-15,17-18,24H,2,5,8-12,16H2,1H3,(H,35,36)/t17?,18?,24-/m1/s1. The second-order valence-corrected chi connectivity index (χ2v) is 11.1. The van der Waals surface area contributed by atoms with Gasteiger partial charge in [0.15, 0.2) is 0 Å². The van der Waals surface area contributed by atoms with E-state index in [9.17, 15) is 18.7 Å². The Labute approximate surface area is 229 Å². The quantitative estimate of drug-likeness (QED) is 0.248. The molecule has 3 aromatic rings. The molecule has 38 heavy (non-hydrogen) atoms. The Balaban J connectivity index is 1.38. The number of carboxylic acids is 1. The largest absolute Gasteiger partial charge is 0.497 e. The molecule has 2 heterocycles. The van der Waals surface area contributed by atoms with Crippen LogP contribution in [0.1, 0.15) is 37.4 Å². The monoisotopic (exact) mass is 566 g/mol. The fourth-order valence-corrected chi connectivity index (χ4v) is 6.43. The number of alkyl halides is 1. The molecule has 0 aliphatic carbocycles. The van der Waals surface area contributed by atoms with Gasteiger partial charge in [-0.2, -0.15) is 0 Å². The Morgan fingerprint density at radius 2 is 2.08 bits per heavy atom. The van der Waals surface area contributed by atoms with Crippen molar-refractivity contribution in [3.05, 3.63) is 64.8 Å². The lowest BCUT2D eigenvalue weighted by Crippen LogP contribution is -2.42. The van der Waals surface area contributed by atoms with Gasteiger partial charge in [-0.25, -0.2) is 13.2 Å². The summed E-state index contributed by atoms with van der Waals surface area (Å²) < 4.78 is 48.2. The Bertz CT molecular complexity index is 1280. The number of methoxy groups -OCH3 is 1. The molecular weight excluding hydrogens is 537 g/mol. The molecular formula is C28H30ClF3N2O3S. The zero-order valence-corrected chi connectivity index (χ0v) is 22.6. The zero-order chi connectivity index (χ0) is 27.2. The molecule has 0 spiro atoms. The van der Waals surface area contributed by atoms with Crippen molar-refractivity contribution in [3.8, 4) is 5.75 Å². The summed E-state index contributed by atoms with van der Waals surface area (Å²) >= 11 is 7.61. The normalized spacial score (nSPS) is 19.0. The third-order valence-electron chi connectivity index (χ3n) is 7.14. The van der Waals surface area contributed by atoms with E-state index in [4.69, 9.17) is 16.3 Å². The number of ether oxygens (including phenoxy) is 1. The molecule has 1 N–H and O–H groups in total. The van der Waals surface area contributed by atoms with Crippen LogP contribution >= 0.6 is 23.4 Å². The fraction of sp³-hybridized carbons (Fsp3) is 0.429. The van der Waals surface area contributed by atoms with Crippen molar-refractivity contribution in [1.82, 2.24) is 9.88 Å². The number of carbonyl (C=O) groups is 1. The van der Waals surface area contributed by atoms with Crippen molar-refractivity contribution < 1.29 is 27.8 Å². The first-order valence-electron chi connectivity index (χ1n) is 12.5. The van der Waals surface area contributed by atoms with Gasteiger partial charge in [0.2, 0.25) is 0 Å². The van der Waals surface area contributed by atoms with Crippen molar-refractivity contribution >= 4 is 40.2 Å². The van der Waals surface area contributed by atoms with Crippen LogP contribution in [-0.2, 0) is 4.79 Å². The molecule has 0 saturated carbocycles. The zero-order valence-electron chi connectivity index (χ0n) is 21.0. The van der Waals surface area contributed by atoms with E-state index < -0.39 is 23.8 Å². The van der Waals surface area contributed by atoms with E-state index in [0.29, 0.717) is 47.5 Å². The van der Waals surface area contributed by atoms with Crippen LogP contribution in [0.25, 0.3) is 10.9 Å². The van der Waals surface area contributed by atoms with Crippen LogP contribution in [0.5, 0.6) is 5.75 Å². The van der Waals surface area contributed by atoms with E-state index in [2.05, 4.69) is 9.88 Å². The number of aliphatic carboxylic acids is 1. The van der Waals surface area contributed by atoms with Crippen molar-refractivity contribution in [1.29, 1.82) is 0 Å². The number of hydrogen-bond acceptors (Lipinski definition) is 5. The first kappa shape index (κ1) is 28.5. The number of benzene rings is 2. The van der Waals surface area contributed by atoms with Crippen LogP contribution in [0.15, 0.2) is 47.5 Å². The van der Waals surface area contributed by atoms with Gasteiger partial charge in [0.05, 0.1) is 17.6 Å². The van der Waals surface area contributed by atoms with Gasteiger partial charge in [0.25, 0.3) is 0 Å². The van der Waals surface area contributed by atoms with Crippen LogP contribution in [-0.4, -0.2) is 53.5 Å². The molecule has 0 radical (unpaired) electrons. The number of rotatable bonds is 11. The van der Waals surface area contributed by atoms with E-state index in [1.54, 1.807) is 25.3 Å². The molecule has 2 aromatic carbocycles. The minimum absolute atomic E-state index is 0.0000702. The Kier molecular flexibility index (Phi) is 9.79. The maximum Gasteiger partial charge on any atom is 0.303 e. The summed E-state index contributed by atoms with van der Waals surface area (Å²) in [5.41, 5.74) is 1.00. The molecule has 3 atom stereocenters. The highest BCUT2D eigenvalue weighted by Gasteiger charge is 2.32. The fourth-order valence-electron chi connectivity index (χ4n) is 5.19. The highest BCUT2D eigenvalue weighted by atomic mass is 35.5. The third-order valence-corrected chi connectivity index (χ3v) is 8.45. The maximum absolute atomic E-state index is 15.6. The summed E-state index contributed by atoms with van der Waals surface area (Å²) in [5, 5.41) is 10.4. The summed E-state index contributed by atoms with van der Waals surface area (Å²) in [6.07, 6.45) is 1.60. The number of nitrogens with zero attached hydrogens (tertiary/aromatic N) is 2. The second kappa shape index (κ2) is 13.0. The van der Waals surface area contributed by atoms with Crippen LogP contribution in [0, 0.1) is 23.5 Å². The molecule has 204 valence electrons. The van der Waals surface area contributed by atoms with Gasteiger partial charge in [0.1, 0.15) is 23.6 Å². The molecule has 1 aliphatic rings. The van der Waals surface area contributed by atoms with Gasteiger partial charge < -0.3 is 14.7 Å². The maximum atomic E-state index is 15.6. The second-order valence-electron chi connectivity index (χ2n) is 9.58. The van der Waals surface area contributed by atoms with Gasteiger partial charge in [0, 0.05) is 47.3 Å². The molecule has 1 fully saturated rings. The summed E-state index contributed by atoms with van der Waals surface area (Å²) in [5.74, 6) is -0.770. The van der Waals surface area contributed by atoms with Crippen molar-refractivity contribution in [2.24, 2.45) is 11.8 Å². The molecule has 1 aromatic heterocycles. The first-order valence-corrected chi connectivity index (χ1v) is 13.9. The number of pyridine rings is 1. The van der Waals surface area contributed by atoms with Crippen LogP contribution in [0.3, 0.4) is 0 Å². The average molecular weight is 567 g/mol. The third kappa shape index (κ3) is 7.12. The van der Waals surface area contributed by atoms with Gasteiger partial charge in [-0.05, 0) is 74.0 Å². The van der Waals surface area contributed by atoms with Gasteiger partial charge in [-0.15, -0.1) is 11.8 Å². The Morgan fingerprint density at radius 1 is 1.26 bits per heavy atom.